The molecule has 0 amide bonds. The summed E-state index contributed by atoms with van der Waals surface area (Å²) in [5, 5.41) is 11.5. The van der Waals surface area contributed by atoms with Gasteiger partial charge in [-0.15, -0.1) is 5.10 Å². The number of aryl methyl sites for hydroxylation is 2. The van der Waals surface area contributed by atoms with Crippen molar-refractivity contribution in [3.05, 3.63) is 35.2 Å². The molecule has 1 aliphatic carbocycles. The van der Waals surface area contributed by atoms with E-state index < -0.39 is 0 Å². The van der Waals surface area contributed by atoms with Gasteiger partial charge in [-0.25, -0.2) is 0 Å². The summed E-state index contributed by atoms with van der Waals surface area (Å²) in [6.07, 6.45) is 3.59. The molecule has 82 valence electrons. The third-order valence-corrected chi connectivity index (χ3v) is 3.04. The average molecular weight is 215 g/mol. The highest BCUT2D eigenvalue weighted by atomic mass is 15.5. The zero-order valence-electron chi connectivity index (χ0n) is 8.93. The fraction of sp³-hybridized carbons (Fsp3) is 0.364. The van der Waals surface area contributed by atoms with Gasteiger partial charge in [0.05, 0.1) is 12.2 Å². The summed E-state index contributed by atoms with van der Waals surface area (Å²) in [6.45, 7) is 0.351. The molecule has 1 aromatic heterocycles. The predicted octanol–water partition coefficient (Wildman–Crippen LogP) is 0.610. The SMILES string of the molecule is NCc1nnnn1-c1ccc2c(c1)CCC2. The summed E-state index contributed by atoms with van der Waals surface area (Å²) in [6, 6.07) is 6.39. The maximum atomic E-state index is 5.58. The van der Waals surface area contributed by atoms with Gasteiger partial charge >= 0.3 is 0 Å². The molecule has 0 saturated carbocycles. The van der Waals surface area contributed by atoms with E-state index >= 15 is 0 Å². The molecule has 1 aliphatic rings. The van der Waals surface area contributed by atoms with Crippen molar-refractivity contribution in [3.63, 3.8) is 0 Å². The summed E-state index contributed by atoms with van der Waals surface area (Å²) in [5.41, 5.74) is 9.45. The quantitative estimate of drug-likeness (QED) is 0.796. The Morgan fingerprint density at radius 2 is 2.12 bits per heavy atom. The van der Waals surface area contributed by atoms with Gasteiger partial charge in [-0.1, -0.05) is 6.07 Å². The van der Waals surface area contributed by atoms with Crippen molar-refractivity contribution in [1.29, 1.82) is 0 Å². The van der Waals surface area contributed by atoms with Crippen molar-refractivity contribution >= 4 is 0 Å². The summed E-state index contributed by atoms with van der Waals surface area (Å²) < 4.78 is 1.71. The molecule has 0 bridgehead atoms. The maximum Gasteiger partial charge on any atom is 0.170 e. The third kappa shape index (κ3) is 1.40. The Morgan fingerprint density at radius 1 is 1.25 bits per heavy atom. The first-order chi connectivity index (χ1) is 7.88. The van der Waals surface area contributed by atoms with Gasteiger partial charge in [0.25, 0.3) is 0 Å². The highest BCUT2D eigenvalue weighted by Crippen LogP contribution is 2.24. The molecule has 2 N–H and O–H groups in total. The van der Waals surface area contributed by atoms with Gasteiger partial charge in [0.1, 0.15) is 0 Å². The summed E-state index contributed by atoms with van der Waals surface area (Å²) in [7, 11) is 0. The van der Waals surface area contributed by atoms with E-state index in [2.05, 4.69) is 33.7 Å². The van der Waals surface area contributed by atoms with Crippen LogP contribution in [0.5, 0.6) is 0 Å². The van der Waals surface area contributed by atoms with Crippen LogP contribution in [0.3, 0.4) is 0 Å². The van der Waals surface area contributed by atoms with Gasteiger partial charge in [0, 0.05) is 0 Å². The zero-order chi connectivity index (χ0) is 11.0. The van der Waals surface area contributed by atoms with Crippen LogP contribution in [-0.2, 0) is 19.4 Å². The van der Waals surface area contributed by atoms with Crippen LogP contribution in [-0.4, -0.2) is 20.2 Å². The van der Waals surface area contributed by atoms with Crippen LogP contribution < -0.4 is 5.73 Å². The molecule has 0 fully saturated rings. The van der Waals surface area contributed by atoms with Gasteiger partial charge in [-0.3, -0.25) is 0 Å². The lowest BCUT2D eigenvalue weighted by Crippen LogP contribution is -2.08. The van der Waals surface area contributed by atoms with Gasteiger partial charge in [0.2, 0.25) is 0 Å². The fourth-order valence-electron chi connectivity index (χ4n) is 2.22. The van der Waals surface area contributed by atoms with E-state index in [4.69, 9.17) is 5.73 Å². The summed E-state index contributed by atoms with van der Waals surface area (Å²) in [5.74, 6) is 0.693. The van der Waals surface area contributed by atoms with Crippen LogP contribution in [0.25, 0.3) is 5.69 Å². The number of tetrazole rings is 1. The summed E-state index contributed by atoms with van der Waals surface area (Å²) in [4.78, 5) is 0. The first kappa shape index (κ1) is 9.47. The molecule has 3 rings (SSSR count). The maximum absolute atomic E-state index is 5.58. The molecule has 0 atom stereocenters. The molecule has 0 aliphatic heterocycles. The van der Waals surface area contributed by atoms with Crippen LogP contribution in [0.15, 0.2) is 18.2 Å². The molecule has 5 nitrogen and oxygen atoms in total. The number of benzene rings is 1. The standard InChI is InChI=1S/C11H13N5/c12-7-11-13-14-15-16(11)10-5-4-8-2-1-3-9(8)6-10/h4-6H,1-3,7,12H2. The van der Waals surface area contributed by atoms with E-state index in [0.717, 1.165) is 12.1 Å². The van der Waals surface area contributed by atoms with E-state index in [0.29, 0.717) is 12.4 Å². The molecule has 2 aromatic rings. The highest BCUT2D eigenvalue weighted by molar-refractivity contribution is 5.42. The molecular formula is C11H13N5. The van der Waals surface area contributed by atoms with Crippen molar-refractivity contribution in [2.24, 2.45) is 5.73 Å². The first-order valence-corrected chi connectivity index (χ1v) is 5.48. The number of hydrogen-bond acceptors (Lipinski definition) is 4. The Morgan fingerprint density at radius 3 is 3.00 bits per heavy atom. The van der Waals surface area contributed by atoms with Crippen molar-refractivity contribution in [1.82, 2.24) is 20.2 Å². The number of aromatic nitrogens is 4. The Labute approximate surface area is 93.3 Å². The van der Waals surface area contributed by atoms with E-state index in [1.165, 1.54) is 24.0 Å². The molecule has 1 aromatic carbocycles. The average Bonchev–Trinajstić information content (AvgIpc) is 2.96. The van der Waals surface area contributed by atoms with Crippen molar-refractivity contribution < 1.29 is 0 Å². The monoisotopic (exact) mass is 215 g/mol. The largest absolute Gasteiger partial charge is 0.324 e. The van der Waals surface area contributed by atoms with Crippen LogP contribution in [0.2, 0.25) is 0 Å². The van der Waals surface area contributed by atoms with E-state index in [1.807, 2.05) is 0 Å². The molecule has 0 radical (unpaired) electrons. The minimum atomic E-state index is 0.351. The van der Waals surface area contributed by atoms with Gasteiger partial charge in [-0.2, -0.15) is 4.68 Å². The first-order valence-electron chi connectivity index (χ1n) is 5.48. The number of rotatable bonds is 2. The van der Waals surface area contributed by atoms with Gasteiger partial charge < -0.3 is 5.73 Å². The van der Waals surface area contributed by atoms with E-state index in [1.54, 1.807) is 4.68 Å². The molecule has 16 heavy (non-hydrogen) atoms. The van der Waals surface area contributed by atoms with E-state index in [-0.39, 0.29) is 0 Å². The minimum Gasteiger partial charge on any atom is -0.324 e. The number of fused-ring (bicyclic) bond motifs is 1. The highest BCUT2D eigenvalue weighted by Gasteiger charge is 2.13. The molecule has 1 heterocycles. The number of nitrogens with two attached hydrogens (primary N) is 1. The number of hydrogen-bond donors (Lipinski definition) is 1. The van der Waals surface area contributed by atoms with Crippen LogP contribution in [0, 0.1) is 0 Å². The number of nitrogens with zero attached hydrogens (tertiary/aromatic N) is 4. The summed E-state index contributed by atoms with van der Waals surface area (Å²) >= 11 is 0. The lowest BCUT2D eigenvalue weighted by Gasteiger charge is -2.05. The normalized spacial score (nSPS) is 14.1. The Balaban J connectivity index is 2.07. The second kappa shape index (κ2) is 3.68. The topological polar surface area (TPSA) is 69.6 Å². The second-order valence-electron chi connectivity index (χ2n) is 4.02. The predicted molar refractivity (Wildman–Crippen MR) is 59.1 cm³/mol. The van der Waals surface area contributed by atoms with E-state index in [9.17, 15) is 0 Å². The van der Waals surface area contributed by atoms with Gasteiger partial charge in [0.15, 0.2) is 5.82 Å². The van der Waals surface area contributed by atoms with Crippen molar-refractivity contribution in [2.75, 3.05) is 0 Å². The Kier molecular flexibility index (Phi) is 2.18. The van der Waals surface area contributed by atoms with Crippen LogP contribution >= 0.6 is 0 Å². The molecule has 0 unspecified atom stereocenters. The van der Waals surface area contributed by atoms with Gasteiger partial charge in [-0.05, 0) is 52.9 Å². The smallest absolute Gasteiger partial charge is 0.170 e. The molecule has 5 heteroatoms. The Hall–Kier alpha value is -1.75. The van der Waals surface area contributed by atoms with Crippen LogP contribution in [0.1, 0.15) is 23.4 Å². The lowest BCUT2D eigenvalue weighted by atomic mass is 10.1. The third-order valence-electron chi connectivity index (χ3n) is 3.04. The molecular weight excluding hydrogens is 202 g/mol. The second-order valence-corrected chi connectivity index (χ2v) is 4.02. The Bertz CT molecular complexity index is 517. The van der Waals surface area contributed by atoms with Crippen molar-refractivity contribution in [2.45, 2.75) is 25.8 Å². The minimum absolute atomic E-state index is 0.351. The lowest BCUT2D eigenvalue weighted by molar-refractivity contribution is 0.760. The van der Waals surface area contributed by atoms with Crippen LogP contribution in [0.4, 0.5) is 0 Å². The fourth-order valence-corrected chi connectivity index (χ4v) is 2.22. The van der Waals surface area contributed by atoms with Crippen molar-refractivity contribution in [3.8, 4) is 5.69 Å². The zero-order valence-corrected chi connectivity index (χ0v) is 8.93. The molecule has 0 spiro atoms. The molecule has 0 saturated heterocycles.